The topological polar surface area (TPSA) is 77.7 Å². The average molecular weight is 248 g/mol. The first-order chi connectivity index (χ1) is 8.77. The van der Waals surface area contributed by atoms with E-state index in [-0.39, 0.29) is 11.4 Å². The van der Waals surface area contributed by atoms with Crippen LogP contribution in [0.4, 0.5) is 5.88 Å². The molecule has 4 saturated carbocycles. The molecule has 6 heteroatoms. The number of nitrogens with zero attached hydrogens (tertiary/aromatic N) is 4. The fourth-order valence-electron chi connectivity index (χ4n) is 4.89. The summed E-state index contributed by atoms with van der Waals surface area (Å²) in [6, 6.07) is 0. The zero-order valence-electron chi connectivity index (χ0n) is 10.2. The minimum absolute atomic E-state index is 0.120. The summed E-state index contributed by atoms with van der Waals surface area (Å²) in [6.07, 6.45) is 9.51. The first kappa shape index (κ1) is 10.5. The predicted octanol–water partition coefficient (Wildman–Crippen LogP) is 2.47. The zero-order valence-corrected chi connectivity index (χ0v) is 10.2. The highest BCUT2D eigenvalue weighted by Gasteiger charge is 2.58. The van der Waals surface area contributed by atoms with Gasteiger partial charge in [0.05, 0.1) is 0 Å². The van der Waals surface area contributed by atoms with Gasteiger partial charge >= 0.3 is 5.88 Å². The molecule has 0 N–H and O–H groups in total. The Morgan fingerprint density at radius 3 is 2.39 bits per heavy atom. The van der Waals surface area contributed by atoms with Gasteiger partial charge in [0.2, 0.25) is 5.27 Å². The van der Waals surface area contributed by atoms with E-state index in [1.54, 1.807) is 6.20 Å². The lowest BCUT2D eigenvalue weighted by Gasteiger charge is -2.51. The minimum atomic E-state index is 0.120. The third kappa shape index (κ3) is 1.41. The van der Waals surface area contributed by atoms with Crippen molar-refractivity contribution in [1.82, 2.24) is 5.27 Å². The van der Waals surface area contributed by atoms with Crippen molar-refractivity contribution in [2.45, 2.75) is 44.1 Å². The van der Waals surface area contributed by atoms with Crippen molar-refractivity contribution < 1.29 is 9.20 Å². The van der Waals surface area contributed by atoms with Crippen molar-refractivity contribution in [2.24, 2.45) is 28.1 Å². The van der Waals surface area contributed by atoms with Crippen LogP contribution < -0.4 is 4.68 Å². The number of hydrogen-bond acceptors (Lipinski definition) is 5. The number of rotatable bonds is 2. The predicted molar refractivity (Wildman–Crippen MR) is 60.7 cm³/mol. The van der Waals surface area contributed by atoms with E-state index in [1.165, 1.54) is 38.5 Å². The Bertz CT molecular complexity index is 461. The van der Waals surface area contributed by atoms with Crippen LogP contribution in [0.2, 0.25) is 0 Å². The molecular formula is C12H16N4O2. The lowest BCUT2D eigenvalue weighted by Crippen LogP contribution is -2.65. The molecule has 6 nitrogen and oxygen atoms in total. The largest absolute Gasteiger partial charge is 0.775 e. The second-order valence-corrected chi connectivity index (χ2v) is 6.31. The lowest BCUT2D eigenvalue weighted by atomic mass is 9.53. The SMILES string of the molecule is [O-]/N=N/c1c[n+](C23CC4CC(CC(C4)C2)C3)no1. The van der Waals surface area contributed by atoms with Crippen LogP contribution in [0.5, 0.6) is 0 Å². The Kier molecular flexibility index (Phi) is 2.05. The normalized spacial score (nSPS) is 41.9. The summed E-state index contributed by atoms with van der Waals surface area (Å²) in [5.74, 6) is 2.76. The van der Waals surface area contributed by atoms with Gasteiger partial charge in [-0.25, -0.2) is 5.28 Å². The molecule has 0 unspecified atom stereocenters. The van der Waals surface area contributed by atoms with Gasteiger partial charge in [-0.15, -0.1) is 5.11 Å². The van der Waals surface area contributed by atoms with E-state index < -0.39 is 0 Å². The van der Waals surface area contributed by atoms with Crippen molar-refractivity contribution in [1.29, 1.82) is 0 Å². The van der Waals surface area contributed by atoms with Crippen molar-refractivity contribution in [3.8, 4) is 0 Å². The molecule has 4 aliphatic rings. The van der Waals surface area contributed by atoms with E-state index in [4.69, 9.17) is 4.52 Å². The Balaban J connectivity index is 1.70. The van der Waals surface area contributed by atoms with E-state index in [1.807, 2.05) is 4.68 Å². The summed E-state index contributed by atoms with van der Waals surface area (Å²) < 4.78 is 6.97. The molecule has 1 heterocycles. The summed E-state index contributed by atoms with van der Waals surface area (Å²) in [7, 11) is 0. The van der Waals surface area contributed by atoms with Gasteiger partial charge in [0, 0.05) is 19.3 Å². The van der Waals surface area contributed by atoms with Crippen molar-refractivity contribution in [3.05, 3.63) is 11.4 Å². The molecule has 18 heavy (non-hydrogen) atoms. The quantitative estimate of drug-likeness (QED) is 0.458. The fourth-order valence-corrected chi connectivity index (χ4v) is 4.89. The van der Waals surface area contributed by atoms with E-state index in [9.17, 15) is 5.21 Å². The molecule has 0 spiro atoms. The minimum Gasteiger partial charge on any atom is -0.775 e. The van der Waals surface area contributed by atoms with Crippen LogP contribution in [-0.4, -0.2) is 5.27 Å². The fraction of sp³-hybridized carbons (Fsp3) is 0.833. The highest BCUT2D eigenvalue weighted by Crippen LogP contribution is 2.56. The Labute approximate surface area is 105 Å². The van der Waals surface area contributed by atoms with Gasteiger partial charge in [0.1, 0.15) is 0 Å². The van der Waals surface area contributed by atoms with Gasteiger partial charge in [-0.05, 0) is 41.7 Å². The lowest BCUT2D eigenvalue weighted by molar-refractivity contribution is -0.832. The summed E-state index contributed by atoms with van der Waals surface area (Å²) in [6.45, 7) is 0. The molecule has 1 aromatic rings. The van der Waals surface area contributed by atoms with E-state index >= 15 is 0 Å². The smallest absolute Gasteiger partial charge is 0.339 e. The summed E-state index contributed by atoms with van der Waals surface area (Å²) >= 11 is 0. The van der Waals surface area contributed by atoms with Gasteiger partial charge < -0.3 is 5.21 Å². The molecule has 0 amide bonds. The highest BCUT2D eigenvalue weighted by atomic mass is 16.5. The van der Waals surface area contributed by atoms with Gasteiger partial charge in [0.25, 0.3) is 6.20 Å². The number of hydrogen-bond donors (Lipinski definition) is 0. The van der Waals surface area contributed by atoms with Crippen LogP contribution in [0, 0.1) is 23.0 Å². The van der Waals surface area contributed by atoms with Gasteiger partial charge in [-0.1, -0.05) is 0 Å². The van der Waals surface area contributed by atoms with E-state index in [0.29, 0.717) is 0 Å². The monoisotopic (exact) mass is 248 g/mol. The van der Waals surface area contributed by atoms with Gasteiger partial charge in [-0.3, -0.25) is 4.52 Å². The van der Waals surface area contributed by atoms with Crippen LogP contribution in [0.15, 0.2) is 21.1 Å². The molecule has 0 atom stereocenters. The average Bonchev–Trinajstić information content (AvgIpc) is 2.77. The van der Waals surface area contributed by atoms with Crippen LogP contribution in [0.1, 0.15) is 38.5 Å². The second-order valence-electron chi connectivity index (χ2n) is 6.31. The molecule has 0 radical (unpaired) electrons. The third-order valence-electron chi connectivity index (χ3n) is 5.09. The first-order valence-electron chi connectivity index (χ1n) is 6.70. The van der Waals surface area contributed by atoms with E-state index in [2.05, 4.69) is 15.7 Å². The van der Waals surface area contributed by atoms with Crippen molar-refractivity contribution in [2.75, 3.05) is 0 Å². The third-order valence-corrected chi connectivity index (χ3v) is 5.09. The number of aromatic nitrogens is 2. The van der Waals surface area contributed by atoms with Gasteiger partial charge in [-0.2, -0.15) is 0 Å². The molecule has 4 bridgehead atoms. The zero-order chi connectivity index (χ0) is 12.2. The molecule has 4 aliphatic carbocycles. The molecule has 0 aliphatic heterocycles. The van der Waals surface area contributed by atoms with Crippen LogP contribution >= 0.6 is 0 Å². The molecule has 0 saturated heterocycles. The molecule has 96 valence electrons. The van der Waals surface area contributed by atoms with Crippen LogP contribution in [-0.2, 0) is 5.54 Å². The van der Waals surface area contributed by atoms with E-state index in [0.717, 1.165) is 17.8 Å². The van der Waals surface area contributed by atoms with Crippen molar-refractivity contribution >= 4 is 5.88 Å². The molecule has 0 aromatic carbocycles. The van der Waals surface area contributed by atoms with Gasteiger partial charge in [0.15, 0.2) is 5.54 Å². The summed E-state index contributed by atoms with van der Waals surface area (Å²) in [5, 5.41) is 20.1. The molecule has 1 aromatic heterocycles. The molecule has 5 rings (SSSR count). The first-order valence-corrected chi connectivity index (χ1v) is 6.70. The summed E-state index contributed by atoms with van der Waals surface area (Å²) in [5.41, 5.74) is 0.120. The Hall–Kier alpha value is -1.46. The standard InChI is InChI=1S/C12H16N4O2/c17-14-13-11-7-16(15-18-11)12-4-8-1-9(5-12)3-10(2-8)6-12/h7-10H,1-6H2. The second kappa shape index (κ2) is 3.52. The van der Waals surface area contributed by atoms with Crippen LogP contribution in [0.3, 0.4) is 0 Å². The highest BCUT2D eigenvalue weighted by molar-refractivity contribution is 5.10. The Morgan fingerprint density at radius 1 is 1.22 bits per heavy atom. The maximum atomic E-state index is 10.1. The maximum absolute atomic E-state index is 10.1. The molecule has 4 fully saturated rings. The van der Waals surface area contributed by atoms with Crippen molar-refractivity contribution in [3.63, 3.8) is 0 Å². The summed E-state index contributed by atoms with van der Waals surface area (Å²) in [4.78, 5) is 0. The molecular weight excluding hydrogens is 232 g/mol. The Morgan fingerprint density at radius 2 is 1.83 bits per heavy atom. The van der Waals surface area contributed by atoms with Crippen LogP contribution in [0.25, 0.3) is 0 Å². The maximum Gasteiger partial charge on any atom is 0.339 e.